The van der Waals surface area contributed by atoms with E-state index in [0.29, 0.717) is 0 Å². The summed E-state index contributed by atoms with van der Waals surface area (Å²) < 4.78 is 0. The van der Waals surface area contributed by atoms with Crippen molar-refractivity contribution < 1.29 is 0 Å². The van der Waals surface area contributed by atoms with Crippen LogP contribution in [0.3, 0.4) is 0 Å². The second kappa shape index (κ2) is 4.56. The Kier molecular flexibility index (Phi) is 3.14. The van der Waals surface area contributed by atoms with E-state index in [1.165, 1.54) is 12.8 Å². The summed E-state index contributed by atoms with van der Waals surface area (Å²) in [6.45, 7) is 4.36. The van der Waals surface area contributed by atoms with Crippen molar-refractivity contribution in [3.05, 3.63) is 30.1 Å². The van der Waals surface area contributed by atoms with Crippen molar-refractivity contribution in [2.75, 3.05) is 6.54 Å². The molecule has 1 heterocycles. The minimum absolute atomic E-state index is 0.832. The summed E-state index contributed by atoms with van der Waals surface area (Å²) in [7, 11) is 0. The van der Waals surface area contributed by atoms with Gasteiger partial charge in [0.25, 0.3) is 0 Å². The summed E-state index contributed by atoms with van der Waals surface area (Å²) in [4.78, 5) is 4.27. The Morgan fingerprint density at radius 1 is 1.50 bits per heavy atom. The van der Waals surface area contributed by atoms with Gasteiger partial charge in [0.05, 0.1) is 5.69 Å². The smallest absolute Gasteiger partial charge is 0.0541 e. The van der Waals surface area contributed by atoms with Crippen LogP contribution in [-0.4, -0.2) is 11.5 Å². The van der Waals surface area contributed by atoms with Gasteiger partial charge in [-0.15, -0.1) is 0 Å². The number of rotatable bonds is 5. The molecule has 1 N–H and O–H groups in total. The van der Waals surface area contributed by atoms with Gasteiger partial charge in [-0.3, -0.25) is 4.98 Å². The predicted molar refractivity (Wildman–Crippen MR) is 57.8 cm³/mol. The molecule has 1 saturated carbocycles. The molecule has 1 aromatic rings. The van der Waals surface area contributed by atoms with Crippen LogP contribution in [0.25, 0.3) is 0 Å². The first kappa shape index (κ1) is 9.66. The lowest BCUT2D eigenvalue weighted by molar-refractivity contribution is 0.460. The molecule has 1 unspecified atom stereocenters. The van der Waals surface area contributed by atoms with Crippen molar-refractivity contribution in [3.63, 3.8) is 0 Å². The van der Waals surface area contributed by atoms with Crippen molar-refractivity contribution in [2.45, 2.75) is 26.3 Å². The van der Waals surface area contributed by atoms with E-state index in [4.69, 9.17) is 0 Å². The molecule has 0 aliphatic heterocycles. The van der Waals surface area contributed by atoms with Crippen LogP contribution in [-0.2, 0) is 6.54 Å². The van der Waals surface area contributed by atoms with Gasteiger partial charge in [0.1, 0.15) is 0 Å². The molecule has 76 valence electrons. The maximum absolute atomic E-state index is 4.27. The Morgan fingerprint density at radius 2 is 2.36 bits per heavy atom. The molecule has 1 atom stereocenters. The van der Waals surface area contributed by atoms with Gasteiger partial charge in [0, 0.05) is 12.7 Å². The van der Waals surface area contributed by atoms with Crippen LogP contribution in [0.15, 0.2) is 24.4 Å². The normalized spacial score (nSPS) is 18.1. The molecular formula is C12H18N2. The van der Waals surface area contributed by atoms with E-state index in [1.54, 1.807) is 0 Å². The Labute approximate surface area is 85.7 Å². The monoisotopic (exact) mass is 190 g/mol. The highest BCUT2D eigenvalue weighted by atomic mass is 14.9. The summed E-state index contributed by atoms with van der Waals surface area (Å²) >= 11 is 0. The standard InChI is InChI=1S/C12H18N2/c1-10(11-5-6-11)8-13-9-12-4-2-3-7-14-12/h2-4,7,10-11,13H,5-6,8-9H2,1H3. The second-order valence-corrected chi connectivity index (χ2v) is 4.27. The highest BCUT2D eigenvalue weighted by Crippen LogP contribution is 2.36. The number of hydrogen-bond donors (Lipinski definition) is 1. The molecule has 2 nitrogen and oxygen atoms in total. The Bertz CT molecular complexity index is 267. The number of nitrogens with one attached hydrogen (secondary N) is 1. The molecule has 1 aromatic heterocycles. The van der Waals surface area contributed by atoms with E-state index in [1.807, 2.05) is 18.3 Å². The molecule has 0 amide bonds. The zero-order chi connectivity index (χ0) is 9.80. The third-order valence-corrected chi connectivity index (χ3v) is 2.93. The van der Waals surface area contributed by atoms with Crippen LogP contribution in [0.5, 0.6) is 0 Å². The molecular weight excluding hydrogens is 172 g/mol. The predicted octanol–water partition coefficient (Wildman–Crippen LogP) is 2.22. The first-order valence-electron chi connectivity index (χ1n) is 5.47. The van der Waals surface area contributed by atoms with Crippen molar-refractivity contribution in [3.8, 4) is 0 Å². The van der Waals surface area contributed by atoms with Gasteiger partial charge in [-0.25, -0.2) is 0 Å². The Morgan fingerprint density at radius 3 is 3.00 bits per heavy atom. The Balaban J connectivity index is 1.67. The van der Waals surface area contributed by atoms with Gasteiger partial charge in [0.15, 0.2) is 0 Å². The highest BCUT2D eigenvalue weighted by Gasteiger charge is 2.27. The van der Waals surface area contributed by atoms with E-state index in [9.17, 15) is 0 Å². The minimum atomic E-state index is 0.832. The summed E-state index contributed by atoms with van der Waals surface area (Å²) in [5.74, 6) is 1.82. The van der Waals surface area contributed by atoms with Gasteiger partial charge in [-0.1, -0.05) is 13.0 Å². The molecule has 2 heteroatoms. The van der Waals surface area contributed by atoms with Gasteiger partial charge in [-0.2, -0.15) is 0 Å². The molecule has 1 fully saturated rings. The van der Waals surface area contributed by atoms with E-state index in [-0.39, 0.29) is 0 Å². The van der Waals surface area contributed by atoms with Gasteiger partial charge in [0.2, 0.25) is 0 Å². The summed E-state index contributed by atoms with van der Waals surface area (Å²) in [6.07, 6.45) is 4.72. The first-order chi connectivity index (χ1) is 6.86. The van der Waals surface area contributed by atoms with Crippen LogP contribution >= 0.6 is 0 Å². The van der Waals surface area contributed by atoms with Crippen LogP contribution in [0.4, 0.5) is 0 Å². The second-order valence-electron chi connectivity index (χ2n) is 4.27. The van der Waals surface area contributed by atoms with Gasteiger partial charge < -0.3 is 5.32 Å². The fourth-order valence-electron chi connectivity index (χ4n) is 1.76. The molecule has 0 aromatic carbocycles. The highest BCUT2D eigenvalue weighted by molar-refractivity contribution is 5.02. The summed E-state index contributed by atoms with van der Waals surface area (Å²) in [5.41, 5.74) is 1.13. The fourth-order valence-corrected chi connectivity index (χ4v) is 1.76. The van der Waals surface area contributed by atoms with Crippen molar-refractivity contribution in [1.29, 1.82) is 0 Å². The third-order valence-electron chi connectivity index (χ3n) is 2.93. The number of hydrogen-bond acceptors (Lipinski definition) is 2. The van der Waals surface area contributed by atoms with Gasteiger partial charge >= 0.3 is 0 Å². The van der Waals surface area contributed by atoms with Crippen LogP contribution < -0.4 is 5.32 Å². The molecule has 0 radical (unpaired) electrons. The van der Waals surface area contributed by atoms with Crippen molar-refractivity contribution in [2.24, 2.45) is 11.8 Å². The first-order valence-corrected chi connectivity index (χ1v) is 5.47. The van der Waals surface area contributed by atoms with Gasteiger partial charge in [-0.05, 0) is 43.4 Å². The summed E-state index contributed by atoms with van der Waals surface area (Å²) in [5, 5.41) is 3.46. The Hall–Kier alpha value is -0.890. The van der Waals surface area contributed by atoms with E-state index in [0.717, 1.165) is 30.6 Å². The maximum Gasteiger partial charge on any atom is 0.0541 e. The average Bonchev–Trinajstić information content (AvgIpc) is 3.02. The lowest BCUT2D eigenvalue weighted by Gasteiger charge is -2.10. The number of pyridine rings is 1. The molecule has 0 saturated heterocycles. The lowest BCUT2D eigenvalue weighted by Crippen LogP contribution is -2.22. The largest absolute Gasteiger partial charge is 0.311 e. The quantitative estimate of drug-likeness (QED) is 0.770. The molecule has 1 aliphatic rings. The molecule has 0 bridgehead atoms. The van der Waals surface area contributed by atoms with Crippen molar-refractivity contribution >= 4 is 0 Å². The zero-order valence-electron chi connectivity index (χ0n) is 8.74. The molecule has 1 aliphatic carbocycles. The lowest BCUT2D eigenvalue weighted by atomic mass is 10.1. The average molecular weight is 190 g/mol. The zero-order valence-corrected chi connectivity index (χ0v) is 8.74. The summed E-state index contributed by atoms with van der Waals surface area (Å²) in [6, 6.07) is 6.06. The number of nitrogens with zero attached hydrogens (tertiary/aromatic N) is 1. The minimum Gasteiger partial charge on any atom is -0.311 e. The molecule has 14 heavy (non-hydrogen) atoms. The van der Waals surface area contributed by atoms with Crippen LogP contribution in [0.1, 0.15) is 25.5 Å². The molecule has 2 rings (SSSR count). The van der Waals surface area contributed by atoms with Crippen LogP contribution in [0, 0.1) is 11.8 Å². The molecule has 0 spiro atoms. The van der Waals surface area contributed by atoms with Crippen molar-refractivity contribution in [1.82, 2.24) is 10.3 Å². The van der Waals surface area contributed by atoms with E-state index >= 15 is 0 Å². The SMILES string of the molecule is CC(CNCc1ccccn1)C1CC1. The third kappa shape index (κ3) is 2.81. The maximum atomic E-state index is 4.27. The fraction of sp³-hybridized carbons (Fsp3) is 0.583. The van der Waals surface area contributed by atoms with E-state index in [2.05, 4.69) is 23.3 Å². The number of aromatic nitrogens is 1. The van der Waals surface area contributed by atoms with E-state index < -0.39 is 0 Å². The topological polar surface area (TPSA) is 24.9 Å². The van der Waals surface area contributed by atoms with Crippen LogP contribution in [0.2, 0.25) is 0 Å².